The fraction of sp³-hybridized carbons (Fsp3) is 0.423. The van der Waals surface area contributed by atoms with Gasteiger partial charge in [-0.3, -0.25) is 9.69 Å². The van der Waals surface area contributed by atoms with E-state index < -0.39 is 0 Å². The van der Waals surface area contributed by atoms with Gasteiger partial charge in [0, 0.05) is 46.7 Å². The highest BCUT2D eigenvalue weighted by Gasteiger charge is 2.15. The van der Waals surface area contributed by atoms with E-state index in [2.05, 4.69) is 65.0 Å². The van der Waals surface area contributed by atoms with Crippen molar-refractivity contribution in [2.45, 2.75) is 57.6 Å². The number of piperidine rings is 1. The van der Waals surface area contributed by atoms with Gasteiger partial charge in [0.15, 0.2) is 0 Å². The van der Waals surface area contributed by atoms with E-state index in [4.69, 9.17) is 0 Å². The van der Waals surface area contributed by atoms with E-state index in [9.17, 15) is 4.79 Å². The molecule has 164 valence electrons. The zero-order valence-corrected chi connectivity index (χ0v) is 19.5. The molecule has 0 atom stereocenters. The second-order valence-corrected chi connectivity index (χ2v) is 9.59. The van der Waals surface area contributed by atoms with Gasteiger partial charge >= 0.3 is 0 Å². The topological polar surface area (TPSA) is 37.3 Å². The van der Waals surface area contributed by atoms with Crippen molar-refractivity contribution in [2.75, 3.05) is 18.8 Å². The summed E-state index contributed by atoms with van der Waals surface area (Å²) < 4.78 is 2.39. The summed E-state index contributed by atoms with van der Waals surface area (Å²) in [6, 6.07) is 16.8. The third-order valence-corrected chi connectivity index (χ3v) is 6.98. The summed E-state index contributed by atoms with van der Waals surface area (Å²) in [5.74, 6) is 1.05. The van der Waals surface area contributed by atoms with Gasteiger partial charge in [0.1, 0.15) is 0 Å². The predicted molar refractivity (Wildman–Crippen MR) is 131 cm³/mol. The van der Waals surface area contributed by atoms with E-state index in [-0.39, 0.29) is 5.91 Å². The van der Waals surface area contributed by atoms with E-state index in [0.717, 1.165) is 35.4 Å². The molecule has 1 fully saturated rings. The zero-order valence-electron chi connectivity index (χ0n) is 18.7. The molecule has 0 bridgehead atoms. The summed E-state index contributed by atoms with van der Waals surface area (Å²) in [4.78, 5) is 16.6. The molecular formula is C26H33N3OS. The number of fused-ring (bicyclic) bond motifs is 1. The maximum atomic E-state index is 12.8. The van der Waals surface area contributed by atoms with Gasteiger partial charge in [0.05, 0.1) is 0 Å². The van der Waals surface area contributed by atoms with Crippen LogP contribution in [0.5, 0.6) is 0 Å². The molecule has 1 saturated heterocycles. The molecule has 0 saturated carbocycles. The Kier molecular flexibility index (Phi) is 7.36. The normalized spacial score (nSPS) is 14.8. The Morgan fingerprint density at radius 1 is 1.00 bits per heavy atom. The van der Waals surface area contributed by atoms with Crippen LogP contribution in [0.2, 0.25) is 0 Å². The van der Waals surface area contributed by atoms with Crippen molar-refractivity contribution in [2.24, 2.45) is 0 Å². The molecule has 0 unspecified atom stereocenters. The number of hydrogen-bond donors (Lipinski definition) is 1. The van der Waals surface area contributed by atoms with Crippen LogP contribution in [0.3, 0.4) is 0 Å². The summed E-state index contributed by atoms with van der Waals surface area (Å²) in [5, 5.41) is 4.23. The first-order valence-electron chi connectivity index (χ1n) is 11.5. The highest BCUT2D eigenvalue weighted by atomic mass is 32.2. The Bertz CT molecular complexity index is 1020. The second-order valence-electron chi connectivity index (χ2n) is 8.25. The number of rotatable bonds is 8. The lowest BCUT2D eigenvalue weighted by atomic mass is 10.1. The number of carbonyl (C=O) groups is 1. The molecule has 1 aliphatic heterocycles. The van der Waals surface area contributed by atoms with Crippen molar-refractivity contribution in [3.63, 3.8) is 0 Å². The van der Waals surface area contributed by atoms with E-state index in [0.29, 0.717) is 6.54 Å². The van der Waals surface area contributed by atoms with E-state index in [1.807, 2.05) is 23.9 Å². The molecular weight excluding hydrogens is 402 g/mol. The van der Waals surface area contributed by atoms with E-state index in [1.165, 1.54) is 48.5 Å². The average molecular weight is 436 g/mol. The van der Waals surface area contributed by atoms with E-state index >= 15 is 0 Å². The molecule has 1 aromatic heterocycles. The first-order valence-corrected chi connectivity index (χ1v) is 12.5. The van der Waals surface area contributed by atoms with Gasteiger partial charge in [-0.15, -0.1) is 11.8 Å². The summed E-state index contributed by atoms with van der Waals surface area (Å²) in [5.41, 5.74) is 4.41. The minimum atomic E-state index is -0.0178. The van der Waals surface area contributed by atoms with Gasteiger partial charge in [-0.05, 0) is 80.6 Å². The first-order chi connectivity index (χ1) is 15.2. The fourth-order valence-electron chi connectivity index (χ4n) is 4.47. The largest absolute Gasteiger partial charge is 0.348 e. The molecule has 4 nitrogen and oxygen atoms in total. The standard InChI is InChI=1S/C26H33N3OS/c1-3-29-23(19-28-14-6-5-7-15-28)17-22-16-21(10-13-25(22)29)26(30)27-18-20-8-11-24(12-9-20)31-4-2/h8-13,16-17H,3-7,14-15,18-19H2,1-2H3,(H,27,30). The number of likely N-dealkylation sites (tertiary alicyclic amines) is 1. The van der Waals surface area contributed by atoms with Crippen LogP contribution in [0, 0.1) is 0 Å². The number of aryl methyl sites for hydroxylation is 1. The van der Waals surface area contributed by atoms with Crippen LogP contribution in [0.1, 0.15) is 54.7 Å². The van der Waals surface area contributed by atoms with Gasteiger partial charge < -0.3 is 9.88 Å². The molecule has 1 amide bonds. The number of benzene rings is 2. The van der Waals surface area contributed by atoms with E-state index in [1.54, 1.807) is 0 Å². The Labute approximate surface area is 190 Å². The highest BCUT2D eigenvalue weighted by Crippen LogP contribution is 2.24. The number of nitrogens with zero attached hydrogens (tertiary/aromatic N) is 2. The number of hydrogen-bond acceptors (Lipinski definition) is 3. The lowest BCUT2D eigenvalue weighted by Crippen LogP contribution is -2.29. The van der Waals surface area contributed by atoms with Gasteiger partial charge in [0.2, 0.25) is 0 Å². The molecule has 2 aromatic carbocycles. The van der Waals surface area contributed by atoms with Gasteiger partial charge in [-0.2, -0.15) is 0 Å². The van der Waals surface area contributed by atoms with Crippen LogP contribution in [-0.4, -0.2) is 34.2 Å². The van der Waals surface area contributed by atoms with Crippen molar-refractivity contribution < 1.29 is 4.79 Å². The van der Waals surface area contributed by atoms with Gasteiger partial charge in [0.25, 0.3) is 5.91 Å². The summed E-state index contributed by atoms with van der Waals surface area (Å²) >= 11 is 1.83. The van der Waals surface area contributed by atoms with Crippen LogP contribution >= 0.6 is 11.8 Å². The summed E-state index contributed by atoms with van der Waals surface area (Å²) in [6.45, 7) is 9.23. The Hall–Kier alpha value is -2.24. The third-order valence-electron chi connectivity index (χ3n) is 6.09. The quantitative estimate of drug-likeness (QED) is 0.462. The third kappa shape index (κ3) is 5.34. The first kappa shape index (κ1) is 22.0. The molecule has 5 heteroatoms. The Morgan fingerprint density at radius 3 is 2.48 bits per heavy atom. The molecule has 2 heterocycles. The van der Waals surface area contributed by atoms with Crippen molar-refractivity contribution in [3.8, 4) is 0 Å². The second kappa shape index (κ2) is 10.4. The van der Waals surface area contributed by atoms with Crippen LogP contribution in [-0.2, 0) is 19.6 Å². The minimum absolute atomic E-state index is 0.0178. The SMILES string of the molecule is CCSc1ccc(CNC(=O)c2ccc3c(c2)cc(CN2CCCCC2)n3CC)cc1. The smallest absolute Gasteiger partial charge is 0.251 e. The molecule has 0 spiro atoms. The Balaban J connectivity index is 1.45. The molecule has 1 aliphatic rings. The maximum absolute atomic E-state index is 12.8. The maximum Gasteiger partial charge on any atom is 0.251 e. The molecule has 0 radical (unpaired) electrons. The highest BCUT2D eigenvalue weighted by molar-refractivity contribution is 7.99. The number of aromatic nitrogens is 1. The fourth-order valence-corrected chi connectivity index (χ4v) is 5.14. The van der Waals surface area contributed by atoms with Gasteiger partial charge in [-0.25, -0.2) is 0 Å². The lowest BCUT2D eigenvalue weighted by Gasteiger charge is -2.26. The van der Waals surface area contributed by atoms with Crippen molar-refractivity contribution in [1.82, 2.24) is 14.8 Å². The van der Waals surface area contributed by atoms with Crippen LogP contribution in [0.25, 0.3) is 10.9 Å². The molecule has 4 rings (SSSR count). The number of nitrogens with one attached hydrogen (secondary N) is 1. The van der Waals surface area contributed by atoms with Crippen LogP contribution < -0.4 is 5.32 Å². The molecule has 31 heavy (non-hydrogen) atoms. The van der Waals surface area contributed by atoms with Crippen LogP contribution in [0.4, 0.5) is 0 Å². The zero-order chi connectivity index (χ0) is 21.6. The molecule has 3 aromatic rings. The monoisotopic (exact) mass is 435 g/mol. The minimum Gasteiger partial charge on any atom is -0.348 e. The molecule has 0 aliphatic carbocycles. The summed E-state index contributed by atoms with van der Waals surface area (Å²) in [6.07, 6.45) is 3.96. The number of carbonyl (C=O) groups excluding carboxylic acids is 1. The lowest BCUT2D eigenvalue weighted by molar-refractivity contribution is 0.0951. The predicted octanol–water partition coefficient (Wildman–Crippen LogP) is 5.69. The summed E-state index contributed by atoms with van der Waals surface area (Å²) in [7, 11) is 0. The Morgan fingerprint density at radius 2 is 1.77 bits per heavy atom. The number of thioether (sulfide) groups is 1. The van der Waals surface area contributed by atoms with Crippen molar-refractivity contribution in [3.05, 3.63) is 65.4 Å². The van der Waals surface area contributed by atoms with Crippen molar-refractivity contribution >= 4 is 28.6 Å². The molecule has 1 N–H and O–H groups in total. The van der Waals surface area contributed by atoms with Crippen molar-refractivity contribution in [1.29, 1.82) is 0 Å². The van der Waals surface area contributed by atoms with Gasteiger partial charge in [-0.1, -0.05) is 25.5 Å². The average Bonchev–Trinajstić information content (AvgIpc) is 3.15. The number of amides is 1. The van der Waals surface area contributed by atoms with Crippen LogP contribution in [0.15, 0.2) is 53.4 Å².